The van der Waals surface area contributed by atoms with Crippen LogP contribution < -0.4 is 16.4 Å². The first-order chi connectivity index (χ1) is 12.2. The third-order valence-corrected chi connectivity index (χ3v) is 4.46. The molecule has 0 spiro atoms. The molecule has 0 aliphatic heterocycles. The molecule has 0 radical (unpaired) electrons. The number of amides is 2. The number of carbonyl (C=O) groups excluding carboxylic acids is 2. The molecule has 26 heavy (non-hydrogen) atoms. The molecule has 1 saturated carbocycles. The van der Waals surface area contributed by atoms with Crippen LogP contribution in [0.5, 0.6) is 0 Å². The van der Waals surface area contributed by atoms with Gasteiger partial charge in [-0.1, -0.05) is 19.3 Å². The number of rotatable bonds is 5. The highest BCUT2D eigenvalue weighted by Gasteiger charge is 2.16. The van der Waals surface area contributed by atoms with E-state index in [1.54, 1.807) is 30.3 Å². The Balaban J connectivity index is 0.00000243. The van der Waals surface area contributed by atoms with Crippen molar-refractivity contribution in [3.63, 3.8) is 0 Å². The summed E-state index contributed by atoms with van der Waals surface area (Å²) in [6, 6.07) is 8.76. The van der Waals surface area contributed by atoms with Crippen LogP contribution in [0.3, 0.4) is 0 Å². The summed E-state index contributed by atoms with van der Waals surface area (Å²) in [5.41, 5.74) is 7.10. The number of hydrogen-bond acceptors (Lipinski definition) is 4. The predicted octanol–water partition coefficient (Wildman–Crippen LogP) is 3.47. The highest BCUT2D eigenvalue weighted by atomic mass is 35.5. The van der Waals surface area contributed by atoms with Crippen molar-refractivity contribution in [3.05, 3.63) is 53.5 Å². The lowest BCUT2D eigenvalue weighted by molar-refractivity contribution is 0.0927. The molecule has 3 rings (SSSR count). The van der Waals surface area contributed by atoms with E-state index in [9.17, 15) is 9.59 Å². The highest BCUT2D eigenvalue weighted by Crippen LogP contribution is 2.18. The Kier molecular flexibility index (Phi) is 7.24. The molecule has 1 heterocycles. The fourth-order valence-corrected chi connectivity index (χ4v) is 3.03. The lowest BCUT2D eigenvalue weighted by atomic mass is 9.95. The van der Waals surface area contributed by atoms with Crippen molar-refractivity contribution in [2.45, 2.75) is 44.7 Å². The minimum atomic E-state index is -0.275. The predicted molar refractivity (Wildman–Crippen MR) is 103 cm³/mol. The molecule has 2 aromatic rings. The number of benzene rings is 1. The lowest BCUT2D eigenvalue weighted by Gasteiger charge is -2.22. The summed E-state index contributed by atoms with van der Waals surface area (Å²) in [6.45, 7) is 0.248. The summed E-state index contributed by atoms with van der Waals surface area (Å²) in [7, 11) is 0. The van der Waals surface area contributed by atoms with Crippen molar-refractivity contribution < 1.29 is 14.0 Å². The second-order valence-corrected chi connectivity index (χ2v) is 6.35. The topological polar surface area (TPSA) is 97.4 Å². The van der Waals surface area contributed by atoms with E-state index in [-0.39, 0.29) is 36.8 Å². The molecule has 1 aliphatic rings. The van der Waals surface area contributed by atoms with Crippen molar-refractivity contribution in [1.82, 2.24) is 5.32 Å². The zero-order chi connectivity index (χ0) is 17.6. The van der Waals surface area contributed by atoms with E-state index in [4.69, 9.17) is 10.2 Å². The van der Waals surface area contributed by atoms with Crippen LogP contribution >= 0.6 is 12.4 Å². The molecular formula is C19H24ClN3O3. The third-order valence-electron chi connectivity index (χ3n) is 4.46. The molecule has 0 unspecified atom stereocenters. The largest absolute Gasteiger partial charge is 0.467 e. The molecule has 2 amide bonds. The molecule has 1 aromatic carbocycles. The van der Waals surface area contributed by atoms with Gasteiger partial charge < -0.3 is 20.8 Å². The van der Waals surface area contributed by atoms with Crippen molar-refractivity contribution >= 4 is 29.9 Å². The average molecular weight is 378 g/mol. The van der Waals surface area contributed by atoms with Crippen LogP contribution in [0, 0.1) is 0 Å². The van der Waals surface area contributed by atoms with E-state index in [0.717, 1.165) is 12.8 Å². The quantitative estimate of drug-likeness (QED) is 0.743. The Morgan fingerprint density at radius 1 is 1.04 bits per heavy atom. The van der Waals surface area contributed by atoms with Gasteiger partial charge in [-0.3, -0.25) is 9.59 Å². The number of anilines is 1. The van der Waals surface area contributed by atoms with Crippen LogP contribution in [-0.2, 0) is 6.54 Å². The van der Waals surface area contributed by atoms with Crippen LogP contribution in [0.4, 0.5) is 5.69 Å². The van der Waals surface area contributed by atoms with Crippen molar-refractivity contribution in [2.75, 3.05) is 5.32 Å². The summed E-state index contributed by atoms with van der Waals surface area (Å²) < 4.78 is 5.16. The Morgan fingerprint density at radius 2 is 1.73 bits per heavy atom. The van der Waals surface area contributed by atoms with E-state index < -0.39 is 0 Å². The van der Waals surface area contributed by atoms with Gasteiger partial charge in [0.25, 0.3) is 11.8 Å². The van der Waals surface area contributed by atoms with Gasteiger partial charge in [-0.05, 0) is 43.2 Å². The number of nitrogens with two attached hydrogens (primary N) is 1. The molecule has 1 fully saturated rings. The molecular weight excluding hydrogens is 354 g/mol. The molecule has 0 saturated heterocycles. The van der Waals surface area contributed by atoms with Crippen LogP contribution in [0.1, 0.15) is 58.6 Å². The van der Waals surface area contributed by atoms with Gasteiger partial charge in [-0.2, -0.15) is 0 Å². The van der Waals surface area contributed by atoms with Gasteiger partial charge in [0, 0.05) is 17.3 Å². The van der Waals surface area contributed by atoms with Gasteiger partial charge in [-0.25, -0.2) is 0 Å². The zero-order valence-electron chi connectivity index (χ0n) is 14.5. The van der Waals surface area contributed by atoms with Gasteiger partial charge >= 0.3 is 0 Å². The van der Waals surface area contributed by atoms with Gasteiger partial charge in [0.05, 0.1) is 12.1 Å². The number of carbonyl (C=O) groups is 2. The molecule has 1 aliphatic carbocycles. The minimum absolute atomic E-state index is 0. The third kappa shape index (κ3) is 5.09. The van der Waals surface area contributed by atoms with E-state index in [0.29, 0.717) is 22.6 Å². The lowest BCUT2D eigenvalue weighted by Crippen LogP contribution is -2.36. The van der Waals surface area contributed by atoms with Gasteiger partial charge in [-0.15, -0.1) is 12.4 Å². The molecule has 6 nitrogen and oxygen atoms in total. The van der Waals surface area contributed by atoms with Crippen LogP contribution in [0.25, 0.3) is 0 Å². The number of hydrogen-bond donors (Lipinski definition) is 3. The Hall–Kier alpha value is -2.31. The molecule has 0 bridgehead atoms. The second-order valence-electron chi connectivity index (χ2n) is 6.35. The first kappa shape index (κ1) is 20.0. The normalized spacial score (nSPS) is 14.3. The average Bonchev–Trinajstić information content (AvgIpc) is 3.12. The van der Waals surface area contributed by atoms with E-state index >= 15 is 0 Å². The highest BCUT2D eigenvalue weighted by molar-refractivity contribution is 6.04. The zero-order valence-corrected chi connectivity index (χ0v) is 15.3. The van der Waals surface area contributed by atoms with Gasteiger partial charge in [0.2, 0.25) is 0 Å². The number of halogens is 1. The Bertz CT molecular complexity index is 737. The van der Waals surface area contributed by atoms with Crippen LogP contribution in [-0.4, -0.2) is 17.9 Å². The number of nitrogens with one attached hydrogen (secondary N) is 2. The standard InChI is InChI=1S/C19H23N3O3.ClH/c20-11-17-10-14(12-25-17)19(24)22-16-8-6-13(7-9-16)18(23)21-15-4-2-1-3-5-15;/h6-10,12,15H,1-5,11,20H2,(H,21,23)(H,22,24);1H. The molecule has 4 N–H and O–H groups in total. The molecule has 0 atom stereocenters. The smallest absolute Gasteiger partial charge is 0.258 e. The Labute approximate surface area is 158 Å². The maximum Gasteiger partial charge on any atom is 0.258 e. The van der Waals surface area contributed by atoms with E-state index in [1.807, 2.05) is 0 Å². The Morgan fingerprint density at radius 3 is 2.35 bits per heavy atom. The van der Waals surface area contributed by atoms with E-state index in [2.05, 4.69) is 10.6 Å². The molecule has 1 aromatic heterocycles. The van der Waals surface area contributed by atoms with Crippen LogP contribution in [0.15, 0.2) is 41.0 Å². The first-order valence-electron chi connectivity index (χ1n) is 8.65. The summed E-state index contributed by atoms with van der Waals surface area (Å²) in [5, 5.41) is 5.85. The molecule has 140 valence electrons. The SMILES string of the molecule is Cl.NCc1cc(C(=O)Nc2ccc(C(=O)NC3CCCCC3)cc2)co1. The van der Waals surface area contributed by atoms with Crippen molar-refractivity contribution in [3.8, 4) is 0 Å². The first-order valence-corrected chi connectivity index (χ1v) is 8.65. The number of furan rings is 1. The summed E-state index contributed by atoms with van der Waals surface area (Å²) >= 11 is 0. The van der Waals surface area contributed by atoms with Crippen molar-refractivity contribution in [1.29, 1.82) is 0 Å². The van der Waals surface area contributed by atoms with E-state index in [1.165, 1.54) is 25.5 Å². The summed E-state index contributed by atoms with van der Waals surface area (Å²) in [4.78, 5) is 24.4. The fraction of sp³-hybridized carbons (Fsp3) is 0.368. The second kappa shape index (κ2) is 9.40. The van der Waals surface area contributed by atoms with Gasteiger partial charge in [0.1, 0.15) is 12.0 Å². The maximum atomic E-state index is 12.3. The van der Waals surface area contributed by atoms with Crippen molar-refractivity contribution in [2.24, 2.45) is 5.73 Å². The van der Waals surface area contributed by atoms with Crippen LogP contribution in [0.2, 0.25) is 0 Å². The fourth-order valence-electron chi connectivity index (χ4n) is 3.03. The monoisotopic (exact) mass is 377 g/mol. The minimum Gasteiger partial charge on any atom is -0.467 e. The summed E-state index contributed by atoms with van der Waals surface area (Å²) in [5.74, 6) is 0.218. The maximum absolute atomic E-state index is 12.3. The molecule has 7 heteroatoms. The summed E-state index contributed by atoms with van der Waals surface area (Å²) in [6.07, 6.45) is 7.09. The van der Waals surface area contributed by atoms with Gasteiger partial charge in [0.15, 0.2) is 0 Å².